The molecule has 4 heteroatoms. The monoisotopic (exact) mass is 224 g/mol. The third-order valence-corrected chi connectivity index (χ3v) is 2.74. The molecule has 0 bridgehead atoms. The van der Waals surface area contributed by atoms with Crippen LogP contribution in [0.5, 0.6) is 0 Å². The lowest BCUT2D eigenvalue weighted by Gasteiger charge is -1.99. The van der Waals surface area contributed by atoms with Gasteiger partial charge in [0.15, 0.2) is 0 Å². The number of nitrogens with two attached hydrogens (primary N) is 1. The topological polar surface area (TPSA) is 40.2 Å². The van der Waals surface area contributed by atoms with Crippen molar-refractivity contribution in [3.63, 3.8) is 0 Å². The van der Waals surface area contributed by atoms with Gasteiger partial charge in [-0.1, -0.05) is 11.6 Å². The Labute approximate surface area is 93.3 Å². The molecule has 0 aliphatic heterocycles. The van der Waals surface area contributed by atoms with Gasteiger partial charge in [0.1, 0.15) is 0 Å². The Morgan fingerprint density at radius 2 is 2.27 bits per heavy atom. The van der Waals surface area contributed by atoms with Crippen molar-refractivity contribution in [1.29, 1.82) is 0 Å². The molecule has 1 heterocycles. The van der Waals surface area contributed by atoms with E-state index in [0.717, 1.165) is 28.0 Å². The molecule has 80 valence electrons. The van der Waals surface area contributed by atoms with E-state index >= 15 is 0 Å². The molecule has 0 saturated carbocycles. The zero-order valence-corrected chi connectivity index (χ0v) is 9.29. The van der Waals surface area contributed by atoms with Crippen LogP contribution in [0, 0.1) is 0 Å². The molecule has 0 unspecified atom stereocenters. The largest absolute Gasteiger partial charge is 0.347 e. The van der Waals surface area contributed by atoms with Crippen LogP contribution in [0.25, 0.3) is 10.9 Å². The number of benzene rings is 1. The van der Waals surface area contributed by atoms with Crippen molar-refractivity contribution in [1.82, 2.24) is 4.57 Å². The quantitative estimate of drug-likeness (QED) is 0.815. The fourth-order valence-electron chi connectivity index (χ4n) is 1.81. The first-order valence-electron chi connectivity index (χ1n) is 4.85. The number of rotatable bonds is 3. The summed E-state index contributed by atoms with van der Waals surface area (Å²) >= 11 is 5.96. The number of hydrogen-bond acceptors (Lipinski definition) is 2. The second-order valence-electron chi connectivity index (χ2n) is 3.41. The maximum absolute atomic E-state index is 5.96. The van der Waals surface area contributed by atoms with Crippen molar-refractivity contribution < 1.29 is 4.84 Å². The number of aryl methyl sites for hydroxylation is 1. The van der Waals surface area contributed by atoms with E-state index in [9.17, 15) is 0 Å². The summed E-state index contributed by atoms with van der Waals surface area (Å²) in [7, 11) is 0. The van der Waals surface area contributed by atoms with Crippen molar-refractivity contribution in [3.8, 4) is 0 Å². The molecule has 2 aromatic rings. The highest BCUT2D eigenvalue weighted by Crippen LogP contribution is 2.25. The van der Waals surface area contributed by atoms with E-state index < -0.39 is 0 Å². The Morgan fingerprint density at radius 1 is 1.47 bits per heavy atom. The zero-order valence-electron chi connectivity index (χ0n) is 8.53. The lowest BCUT2D eigenvalue weighted by atomic mass is 10.2. The number of nitrogens with zero attached hydrogens (tertiary/aromatic N) is 1. The number of hydrogen-bond donors (Lipinski definition) is 1. The van der Waals surface area contributed by atoms with Crippen LogP contribution in [0.15, 0.2) is 24.4 Å². The molecule has 1 aromatic heterocycles. The maximum Gasteiger partial charge on any atom is 0.0950 e. The average molecular weight is 225 g/mol. The summed E-state index contributed by atoms with van der Waals surface area (Å²) in [6.45, 7) is 3.42. The highest BCUT2D eigenvalue weighted by molar-refractivity contribution is 6.31. The first-order chi connectivity index (χ1) is 7.26. The Bertz CT molecular complexity index is 479. The molecule has 0 fully saturated rings. The average Bonchev–Trinajstić information content (AvgIpc) is 2.57. The predicted molar refractivity (Wildman–Crippen MR) is 61.6 cm³/mol. The maximum atomic E-state index is 5.96. The molecular weight excluding hydrogens is 212 g/mol. The van der Waals surface area contributed by atoms with E-state index in [0.29, 0.717) is 6.61 Å². The molecule has 0 aliphatic rings. The van der Waals surface area contributed by atoms with Crippen LogP contribution in [0.2, 0.25) is 5.02 Å². The van der Waals surface area contributed by atoms with Crippen molar-refractivity contribution >= 4 is 22.5 Å². The first kappa shape index (κ1) is 10.5. The fourth-order valence-corrected chi connectivity index (χ4v) is 1.98. The lowest BCUT2D eigenvalue weighted by Crippen LogP contribution is -1.98. The predicted octanol–water partition coefficient (Wildman–Crippen LogP) is 2.70. The minimum atomic E-state index is 0.407. The Morgan fingerprint density at radius 3 is 2.93 bits per heavy atom. The van der Waals surface area contributed by atoms with Gasteiger partial charge < -0.3 is 4.57 Å². The molecule has 15 heavy (non-hydrogen) atoms. The summed E-state index contributed by atoms with van der Waals surface area (Å²) in [6, 6.07) is 5.85. The number of aromatic nitrogens is 1. The molecule has 2 N–H and O–H groups in total. The minimum absolute atomic E-state index is 0.407. The molecule has 2 rings (SSSR count). The second-order valence-corrected chi connectivity index (χ2v) is 3.85. The summed E-state index contributed by atoms with van der Waals surface area (Å²) in [4.78, 5) is 4.68. The summed E-state index contributed by atoms with van der Waals surface area (Å²) in [6.07, 6.45) is 2.05. The summed E-state index contributed by atoms with van der Waals surface area (Å²) in [5.74, 6) is 5.10. The molecule has 0 radical (unpaired) electrons. The summed E-state index contributed by atoms with van der Waals surface area (Å²) in [5.41, 5.74) is 2.23. The van der Waals surface area contributed by atoms with E-state index in [2.05, 4.69) is 16.3 Å². The molecule has 0 spiro atoms. The van der Waals surface area contributed by atoms with Crippen LogP contribution in [-0.4, -0.2) is 4.57 Å². The third kappa shape index (κ3) is 1.86. The Balaban J connectivity index is 2.64. The molecular formula is C11H13ClN2O. The highest BCUT2D eigenvalue weighted by atomic mass is 35.5. The van der Waals surface area contributed by atoms with E-state index in [4.69, 9.17) is 17.5 Å². The van der Waals surface area contributed by atoms with Gasteiger partial charge in [0.2, 0.25) is 0 Å². The van der Waals surface area contributed by atoms with Crippen LogP contribution in [0.1, 0.15) is 12.5 Å². The standard InChI is InChI=1S/C11H13ClN2O/c1-2-14-6-8(7-15-13)10-5-9(12)3-4-11(10)14/h3-6H,2,7,13H2,1H3. The fraction of sp³-hybridized carbons (Fsp3) is 0.273. The summed E-state index contributed by atoms with van der Waals surface area (Å²) < 4.78 is 2.15. The van der Waals surface area contributed by atoms with Gasteiger partial charge in [-0.25, -0.2) is 5.90 Å². The van der Waals surface area contributed by atoms with Gasteiger partial charge in [-0.2, -0.15) is 0 Å². The Kier molecular flexibility index (Phi) is 2.95. The second kappa shape index (κ2) is 4.23. The molecule has 0 amide bonds. The first-order valence-corrected chi connectivity index (χ1v) is 5.23. The van der Waals surface area contributed by atoms with Crippen LogP contribution in [-0.2, 0) is 18.0 Å². The molecule has 0 aliphatic carbocycles. The van der Waals surface area contributed by atoms with Crippen molar-refractivity contribution in [2.45, 2.75) is 20.1 Å². The van der Waals surface area contributed by atoms with Crippen LogP contribution in [0.4, 0.5) is 0 Å². The molecule has 0 saturated heterocycles. The van der Waals surface area contributed by atoms with E-state index in [1.54, 1.807) is 0 Å². The van der Waals surface area contributed by atoms with E-state index in [1.807, 2.05) is 24.4 Å². The van der Waals surface area contributed by atoms with Gasteiger partial charge >= 0.3 is 0 Å². The Hall–Kier alpha value is -1.03. The van der Waals surface area contributed by atoms with Crippen LogP contribution < -0.4 is 5.90 Å². The van der Waals surface area contributed by atoms with Crippen LogP contribution >= 0.6 is 11.6 Å². The number of halogens is 1. The van der Waals surface area contributed by atoms with Crippen molar-refractivity contribution in [2.24, 2.45) is 5.90 Å². The number of fused-ring (bicyclic) bond motifs is 1. The van der Waals surface area contributed by atoms with Gasteiger partial charge in [-0.15, -0.1) is 0 Å². The lowest BCUT2D eigenvalue weighted by molar-refractivity contribution is 0.125. The third-order valence-electron chi connectivity index (χ3n) is 2.51. The van der Waals surface area contributed by atoms with Gasteiger partial charge in [0.25, 0.3) is 0 Å². The smallest absolute Gasteiger partial charge is 0.0950 e. The van der Waals surface area contributed by atoms with E-state index in [-0.39, 0.29) is 0 Å². The molecule has 3 nitrogen and oxygen atoms in total. The van der Waals surface area contributed by atoms with Crippen LogP contribution in [0.3, 0.4) is 0 Å². The van der Waals surface area contributed by atoms with Crippen molar-refractivity contribution in [2.75, 3.05) is 0 Å². The van der Waals surface area contributed by atoms with Gasteiger partial charge in [-0.3, -0.25) is 4.84 Å². The highest BCUT2D eigenvalue weighted by Gasteiger charge is 2.07. The molecule has 0 atom stereocenters. The van der Waals surface area contributed by atoms with Gasteiger partial charge in [0.05, 0.1) is 6.61 Å². The zero-order chi connectivity index (χ0) is 10.8. The normalized spacial score (nSPS) is 11.1. The van der Waals surface area contributed by atoms with Crippen molar-refractivity contribution in [3.05, 3.63) is 35.0 Å². The van der Waals surface area contributed by atoms with E-state index in [1.165, 1.54) is 0 Å². The summed E-state index contributed by atoms with van der Waals surface area (Å²) in [5, 5.41) is 1.84. The van der Waals surface area contributed by atoms with Gasteiger partial charge in [0, 0.05) is 34.2 Å². The SMILES string of the molecule is CCn1cc(CON)c2cc(Cl)ccc21. The minimum Gasteiger partial charge on any atom is -0.347 e. The molecule has 1 aromatic carbocycles. The van der Waals surface area contributed by atoms with Gasteiger partial charge in [-0.05, 0) is 25.1 Å².